The van der Waals surface area contributed by atoms with Crippen molar-refractivity contribution in [3.8, 4) is 11.5 Å². The van der Waals surface area contributed by atoms with E-state index >= 15 is 0 Å². The Bertz CT molecular complexity index is 871. The van der Waals surface area contributed by atoms with Crippen LogP contribution in [-0.2, 0) is 16.0 Å². The number of esters is 1. The van der Waals surface area contributed by atoms with Gasteiger partial charge in [-0.15, -0.1) is 0 Å². The van der Waals surface area contributed by atoms with Crippen molar-refractivity contribution in [3.63, 3.8) is 0 Å². The predicted molar refractivity (Wildman–Crippen MR) is 141 cm³/mol. The molecule has 0 heterocycles. The first-order chi connectivity index (χ1) is 17.2. The number of phenolic OH excluding ortho intramolecular Hbond substituents is 1. The first-order valence-electron chi connectivity index (χ1n) is 13.5. The Kier molecular flexibility index (Phi) is 10.7. The van der Waals surface area contributed by atoms with Gasteiger partial charge in [-0.05, 0) is 86.8 Å². The molecule has 8 heteroatoms. The summed E-state index contributed by atoms with van der Waals surface area (Å²) in [4.78, 5) is 15.8. The number of guanidine groups is 1. The van der Waals surface area contributed by atoms with Crippen molar-refractivity contribution in [2.45, 2.75) is 96.4 Å². The van der Waals surface area contributed by atoms with Gasteiger partial charge in [-0.25, -0.2) is 0 Å². The summed E-state index contributed by atoms with van der Waals surface area (Å²) in [5.41, 5.74) is 6.82. The number of phenols is 1. The minimum atomic E-state index is -0.539. The van der Waals surface area contributed by atoms with Gasteiger partial charge < -0.3 is 30.7 Å². The maximum absolute atomic E-state index is 11.8. The number of aliphatic hydroxyl groups is 1. The summed E-state index contributed by atoms with van der Waals surface area (Å²) in [6, 6.07) is 5.44. The predicted octanol–water partition coefficient (Wildman–Crippen LogP) is 3.92. The van der Waals surface area contributed by atoms with E-state index in [4.69, 9.17) is 15.2 Å². The van der Waals surface area contributed by atoms with E-state index < -0.39 is 6.10 Å². The zero-order chi connectivity index (χ0) is 26.1. The lowest BCUT2D eigenvalue weighted by molar-refractivity contribution is -0.148. The van der Waals surface area contributed by atoms with Crippen molar-refractivity contribution in [2.24, 2.45) is 28.5 Å². The summed E-state index contributed by atoms with van der Waals surface area (Å²) in [7, 11) is 1.66. The minimum Gasteiger partial charge on any atom is -0.504 e. The zero-order valence-electron chi connectivity index (χ0n) is 22.1. The van der Waals surface area contributed by atoms with Crippen LogP contribution in [0.15, 0.2) is 23.2 Å². The van der Waals surface area contributed by atoms with E-state index in [1.807, 2.05) is 12.1 Å². The van der Waals surface area contributed by atoms with E-state index in [1.165, 1.54) is 6.92 Å². The zero-order valence-corrected chi connectivity index (χ0v) is 22.1. The molecule has 8 nitrogen and oxygen atoms in total. The van der Waals surface area contributed by atoms with E-state index in [0.29, 0.717) is 42.8 Å². The molecule has 0 aromatic heterocycles. The van der Waals surface area contributed by atoms with Gasteiger partial charge >= 0.3 is 5.97 Å². The Morgan fingerprint density at radius 3 is 2.69 bits per heavy atom. The third-order valence-electron chi connectivity index (χ3n) is 7.95. The van der Waals surface area contributed by atoms with E-state index in [-0.39, 0.29) is 29.8 Å². The number of ether oxygens (including phenoxy) is 2. The Balaban J connectivity index is 1.56. The van der Waals surface area contributed by atoms with Crippen molar-refractivity contribution >= 4 is 11.9 Å². The number of rotatable bonds is 11. The minimum absolute atomic E-state index is 0.153. The smallest absolute Gasteiger partial charge is 0.302 e. The monoisotopic (exact) mass is 503 g/mol. The summed E-state index contributed by atoms with van der Waals surface area (Å²) >= 11 is 0. The number of benzene rings is 1. The number of carbonyl (C=O) groups is 1. The van der Waals surface area contributed by atoms with Crippen LogP contribution in [0.4, 0.5) is 0 Å². The standard InChI is InChI=1S/C28H45N3O5/c1-18-8-11-21(15-22(18)17-31-28(29)30-3)26(34)16-24(35-19(2)32)12-9-20-10-13-25(33)27(14-20)36-23-6-4-5-7-23/h10,13-14,18,21-24,26,33-34H,4-9,11-12,15-17H2,1-3H3,(H3,29,30,31)/t18-,21-,22+,24-,26-/m1/s1. The largest absolute Gasteiger partial charge is 0.504 e. The second-order valence-corrected chi connectivity index (χ2v) is 10.7. The lowest BCUT2D eigenvalue weighted by Gasteiger charge is -2.37. The maximum atomic E-state index is 11.8. The molecule has 5 atom stereocenters. The fourth-order valence-electron chi connectivity index (χ4n) is 5.64. The fourth-order valence-corrected chi connectivity index (χ4v) is 5.64. The molecular weight excluding hydrogens is 458 g/mol. The molecule has 5 N–H and O–H groups in total. The van der Waals surface area contributed by atoms with Crippen LogP contribution >= 0.6 is 0 Å². The molecule has 0 amide bonds. The SMILES string of the molecule is CN=C(N)NC[C@@H]1C[C@H]([C@H](O)C[C@@H](CCc2ccc(O)c(OC3CCCC3)c2)OC(C)=O)CC[C@H]1C. The van der Waals surface area contributed by atoms with Crippen LogP contribution in [0.25, 0.3) is 0 Å². The molecule has 0 saturated heterocycles. The topological polar surface area (TPSA) is 126 Å². The number of aromatic hydroxyl groups is 1. The number of nitrogens with zero attached hydrogens (tertiary/aromatic N) is 1. The first-order valence-corrected chi connectivity index (χ1v) is 13.5. The molecule has 1 aromatic rings. The summed E-state index contributed by atoms with van der Waals surface area (Å²) in [5, 5.41) is 24.5. The molecule has 0 unspecified atom stereocenters. The summed E-state index contributed by atoms with van der Waals surface area (Å²) < 4.78 is 11.6. The molecule has 1 aromatic carbocycles. The first kappa shape index (κ1) is 28.1. The van der Waals surface area contributed by atoms with E-state index in [9.17, 15) is 15.0 Å². The van der Waals surface area contributed by atoms with Crippen molar-refractivity contribution in [2.75, 3.05) is 13.6 Å². The Hall–Kier alpha value is -2.48. The number of hydrogen-bond donors (Lipinski definition) is 4. The molecule has 0 radical (unpaired) electrons. The van der Waals surface area contributed by atoms with Crippen molar-refractivity contribution in [1.82, 2.24) is 5.32 Å². The van der Waals surface area contributed by atoms with Gasteiger partial charge in [0.25, 0.3) is 0 Å². The van der Waals surface area contributed by atoms with Gasteiger partial charge in [0.1, 0.15) is 6.10 Å². The van der Waals surface area contributed by atoms with Gasteiger partial charge in [-0.3, -0.25) is 9.79 Å². The lowest BCUT2D eigenvalue weighted by Crippen LogP contribution is -2.41. The molecule has 2 fully saturated rings. The number of aliphatic hydroxyl groups excluding tert-OH is 1. The average molecular weight is 504 g/mol. The normalized spacial score (nSPS) is 24.8. The molecule has 0 aliphatic heterocycles. The molecular formula is C28H45N3O5. The quantitative estimate of drug-likeness (QED) is 0.205. The van der Waals surface area contributed by atoms with Crippen LogP contribution in [0.3, 0.4) is 0 Å². The van der Waals surface area contributed by atoms with Gasteiger partial charge in [-0.1, -0.05) is 19.4 Å². The highest BCUT2D eigenvalue weighted by molar-refractivity contribution is 5.77. The van der Waals surface area contributed by atoms with Gasteiger partial charge in [0, 0.05) is 26.9 Å². The van der Waals surface area contributed by atoms with Crippen LogP contribution in [0, 0.1) is 17.8 Å². The number of aliphatic imine (C=N–C) groups is 1. The Labute approximate surface area is 215 Å². The molecule has 0 spiro atoms. The van der Waals surface area contributed by atoms with Crippen LogP contribution in [0.5, 0.6) is 11.5 Å². The summed E-state index contributed by atoms with van der Waals surface area (Å²) in [6.07, 6.45) is 8.21. The number of aryl methyl sites for hydroxylation is 1. The number of nitrogens with one attached hydrogen (secondary N) is 1. The van der Waals surface area contributed by atoms with Gasteiger partial charge in [0.15, 0.2) is 17.5 Å². The number of hydrogen-bond acceptors (Lipinski definition) is 6. The molecule has 3 rings (SSSR count). The van der Waals surface area contributed by atoms with E-state index in [2.05, 4.69) is 17.2 Å². The summed E-state index contributed by atoms with van der Waals surface area (Å²) in [5.74, 6) is 1.88. The van der Waals surface area contributed by atoms with Crippen LogP contribution in [-0.4, -0.2) is 54.0 Å². The third-order valence-corrected chi connectivity index (χ3v) is 7.95. The highest BCUT2D eigenvalue weighted by atomic mass is 16.5. The highest BCUT2D eigenvalue weighted by Gasteiger charge is 2.33. The number of carbonyl (C=O) groups excluding carboxylic acids is 1. The van der Waals surface area contributed by atoms with Crippen molar-refractivity contribution in [3.05, 3.63) is 23.8 Å². The van der Waals surface area contributed by atoms with E-state index in [1.54, 1.807) is 13.1 Å². The molecule has 0 bridgehead atoms. The second kappa shape index (κ2) is 13.7. The lowest BCUT2D eigenvalue weighted by atomic mass is 9.72. The Morgan fingerprint density at radius 2 is 2.00 bits per heavy atom. The maximum Gasteiger partial charge on any atom is 0.302 e. The third kappa shape index (κ3) is 8.57. The summed E-state index contributed by atoms with van der Waals surface area (Å²) in [6.45, 7) is 4.41. The van der Waals surface area contributed by atoms with Gasteiger partial charge in [-0.2, -0.15) is 0 Å². The fraction of sp³-hybridized carbons (Fsp3) is 0.714. The van der Waals surface area contributed by atoms with Crippen LogP contribution in [0.2, 0.25) is 0 Å². The van der Waals surface area contributed by atoms with Crippen LogP contribution < -0.4 is 15.8 Å². The van der Waals surface area contributed by atoms with Crippen LogP contribution in [0.1, 0.15) is 77.2 Å². The Morgan fingerprint density at radius 1 is 1.25 bits per heavy atom. The molecule has 202 valence electrons. The molecule has 2 saturated carbocycles. The van der Waals surface area contributed by atoms with Gasteiger partial charge in [0.2, 0.25) is 0 Å². The van der Waals surface area contributed by atoms with Crippen molar-refractivity contribution in [1.29, 1.82) is 0 Å². The van der Waals surface area contributed by atoms with Gasteiger partial charge in [0.05, 0.1) is 12.2 Å². The second-order valence-electron chi connectivity index (χ2n) is 10.7. The van der Waals surface area contributed by atoms with Crippen molar-refractivity contribution < 1.29 is 24.5 Å². The number of nitrogens with two attached hydrogens (primary N) is 1. The molecule has 2 aliphatic carbocycles. The average Bonchev–Trinajstić information content (AvgIpc) is 3.36. The highest BCUT2D eigenvalue weighted by Crippen LogP contribution is 2.37. The molecule has 2 aliphatic rings. The van der Waals surface area contributed by atoms with E-state index in [0.717, 1.165) is 57.1 Å². The molecule has 36 heavy (non-hydrogen) atoms.